The highest BCUT2D eigenvalue weighted by atomic mass is 16.5. The van der Waals surface area contributed by atoms with E-state index in [1.165, 1.54) is 28.1 Å². The lowest BCUT2D eigenvalue weighted by Crippen LogP contribution is -2.49. The first-order valence-electron chi connectivity index (χ1n) is 13.8. The molecule has 1 fully saturated rings. The first-order chi connectivity index (χ1) is 18.7. The van der Waals surface area contributed by atoms with Gasteiger partial charge in [0.15, 0.2) is 0 Å². The number of aryl methyl sites for hydroxylation is 1. The van der Waals surface area contributed by atoms with E-state index in [1.54, 1.807) is 7.11 Å². The van der Waals surface area contributed by atoms with Gasteiger partial charge in [0.05, 0.1) is 18.8 Å². The molecule has 0 bridgehead atoms. The summed E-state index contributed by atoms with van der Waals surface area (Å²) in [4.78, 5) is 7.85. The normalized spacial score (nSPS) is 20.3. The van der Waals surface area contributed by atoms with Crippen LogP contribution in [0.4, 0.5) is 5.69 Å². The lowest BCUT2D eigenvalue weighted by molar-refractivity contribution is 0.105. The minimum Gasteiger partial charge on any atom is -0.495 e. The molecule has 2 aliphatic heterocycles. The summed E-state index contributed by atoms with van der Waals surface area (Å²) in [6.45, 7) is 7.10. The van der Waals surface area contributed by atoms with Crippen LogP contribution in [0.3, 0.4) is 0 Å². The molecule has 3 aromatic carbocycles. The largest absolute Gasteiger partial charge is 0.495 e. The van der Waals surface area contributed by atoms with Crippen LogP contribution in [0.5, 0.6) is 5.75 Å². The fourth-order valence-corrected chi connectivity index (χ4v) is 6.47. The zero-order chi connectivity index (χ0) is 25.9. The number of benzene rings is 3. The monoisotopic (exact) mass is 506 g/mol. The molecule has 2 aliphatic rings. The van der Waals surface area contributed by atoms with Crippen molar-refractivity contribution in [2.45, 2.75) is 25.0 Å². The smallest absolute Gasteiger partial charge is 0.142 e. The SMILES string of the molecule is COc1ccccc1N1CCN(CC2c3ccccc3CN(Cc3ccccc3)C2c2cccn2C)CC1. The highest BCUT2D eigenvalue weighted by Crippen LogP contribution is 2.44. The number of anilines is 1. The Labute approximate surface area is 226 Å². The van der Waals surface area contributed by atoms with Crippen molar-refractivity contribution in [2.75, 3.05) is 44.7 Å². The second kappa shape index (κ2) is 11.1. The van der Waals surface area contributed by atoms with Crippen molar-refractivity contribution < 1.29 is 4.74 Å². The number of piperazine rings is 1. The molecule has 3 heterocycles. The Bertz CT molecular complexity index is 1340. The highest BCUT2D eigenvalue weighted by molar-refractivity contribution is 5.58. The molecule has 0 N–H and O–H groups in total. The molecule has 0 aliphatic carbocycles. The van der Waals surface area contributed by atoms with Crippen molar-refractivity contribution in [1.82, 2.24) is 14.4 Å². The van der Waals surface area contributed by atoms with E-state index < -0.39 is 0 Å². The van der Waals surface area contributed by atoms with Gasteiger partial charge in [-0.3, -0.25) is 9.80 Å². The summed E-state index contributed by atoms with van der Waals surface area (Å²) >= 11 is 0. The Balaban J connectivity index is 1.28. The van der Waals surface area contributed by atoms with E-state index in [-0.39, 0.29) is 0 Å². The molecule has 5 heteroatoms. The molecule has 38 heavy (non-hydrogen) atoms. The predicted molar refractivity (Wildman–Crippen MR) is 155 cm³/mol. The Hall–Kier alpha value is -3.54. The predicted octanol–water partition coefficient (Wildman–Crippen LogP) is 5.70. The molecule has 196 valence electrons. The van der Waals surface area contributed by atoms with Gasteiger partial charge < -0.3 is 14.2 Å². The van der Waals surface area contributed by atoms with Crippen LogP contribution in [-0.2, 0) is 20.1 Å². The second-order valence-corrected chi connectivity index (χ2v) is 10.6. The Morgan fingerprint density at radius 3 is 2.29 bits per heavy atom. The van der Waals surface area contributed by atoms with Crippen LogP contribution in [0.15, 0.2) is 97.2 Å². The fraction of sp³-hybridized carbons (Fsp3) is 0.333. The molecule has 0 amide bonds. The number of ether oxygens (including phenoxy) is 1. The topological polar surface area (TPSA) is 23.9 Å². The minimum atomic E-state index is 0.317. The number of aromatic nitrogens is 1. The maximum Gasteiger partial charge on any atom is 0.142 e. The summed E-state index contributed by atoms with van der Waals surface area (Å²) in [5, 5.41) is 0. The molecule has 2 unspecified atom stereocenters. The molecular weight excluding hydrogens is 468 g/mol. The van der Waals surface area contributed by atoms with Crippen molar-refractivity contribution >= 4 is 5.69 Å². The lowest BCUT2D eigenvalue weighted by atomic mass is 9.81. The molecule has 4 aromatic rings. The van der Waals surface area contributed by atoms with E-state index >= 15 is 0 Å². The van der Waals surface area contributed by atoms with Crippen LogP contribution in [0, 0.1) is 0 Å². The Kier molecular flexibility index (Phi) is 7.21. The van der Waals surface area contributed by atoms with Gasteiger partial charge in [-0.25, -0.2) is 0 Å². The first kappa shape index (κ1) is 24.8. The molecule has 0 spiro atoms. The molecule has 1 aromatic heterocycles. The van der Waals surface area contributed by atoms with Gasteiger partial charge in [-0.05, 0) is 41.0 Å². The average molecular weight is 507 g/mol. The van der Waals surface area contributed by atoms with Gasteiger partial charge in [0.25, 0.3) is 0 Å². The number of rotatable bonds is 7. The van der Waals surface area contributed by atoms with E-state index in [2.05, 4.69) is 117 Å². The third kappa shape index (κ3) is 4.96. The van der Waals surface area contributed by atoms with Crippen molar-refractivity contribution in [3.05, 3.63) is 120 Å². The van der Waals surface area contributed by atoms with Crippen molar-refractivity contribution in [3.8, 4) is 5.75 Å². The van der Waals surface area contributed by atoms with Gasteiger partial charge in [-0.2, -0.15) is 0 Å². The average Bonchev–Trinajstić information content (AvgIpc) is 3.39. The summed E-state index contributed by atoms with van der Waals surface area (Å²) in [6.07, 6.45) is 2.19. The molecule has 6 rings (SSSR count). The third-order valence-corrected chi connectivity index (χ3v) is 8.37. The number of fused-ring (bicyclic) bond motifs is 1. The van der Waals surface area contributed by atoms with Gasteiger partial charge in [-0.15, -0.1) is 0 Å². The molecular formula is C33H38N4O. The maximum absolute atomic E-state index is 5.65. The lowest BCUT2D eigenvalue weighted by Gasteiger charge is -2.46. The standard InChI is InChI=1S/C33H38N4O/c1-34-18-10-16-31(34)33-29(25-35-19-21-36(22-20-35)30-15-8-9-17-32(30)38-2)28-14-7-6-13-27(28)24-37(33)23-26-11-4-3-5-12-26/h3-18,29,33H,19-25H2,1-2H3. The minimum absolute atomic E-state index is 0.317. The van der Waals surface area contributed by atoms with Crippen molar-refractivity contribution in [2.24, 2.45) is 7.05 Å². The Morgan fingerprint density at radius 1 is 0.789 bits per heavy atom. The van der Waals surface area contributed by atoms with E-state index in [9.17, 15) is 0 Å². The van der Waals surface area contributed by atoms with Gasteiger partial charge in [0.2, 0.25) is 0 Å². The summed E-state index contributed by atoms with van der Waals surface area (Å²) in [5.74, 6) is 1.36. The van der Waals surface area contributed by atoms with Gasteiger partial charge in [0, 0.05) is 70.7 Å². The zero-order valence-corrected chi connectivity index (χ0v) is 22.5. The highest BCUT2D eigenvalue weighted by Gasteiger charge is 2.38. The third-order valence-electron chi connectivity index (χ3n) is 8.37. The van der Waals surface area contributed by atoms with Crippen molar-refractivity contribution in [3.63, 3.8) is 0 Å². The van der Waals surface area contributed by atoms with Gasteiger partial charge in [0.1, 0.15) is 5.75 Å². The molecule has 0 radical (unpaired) electrons. The van der Waals surface area contributed by atoms with Crippen LogP contribution in [0.1, 0.15) is 34.3 Å². The van der Waals surface area contributed by atoms with Crippen LogP contribution >= 0.6 is 0 Å². The molecule has 2 atom stereocenters. The zero-order valence-electron chi connectivity index (χ0n) is 22.5. The van der Waals surface area contributed by atoms with Crippen LogP contribution in [0.2, 0.25) is 0 Å². The van der Waals surface area contributed by atoms with E-state index in [1.807, 2.05) is 6.07 Å². The number of methoxy groups -OCH3 is 1. The Morgan fingerprint density at radius 2 is 1.53 bits per heavy atom. The number of para-hydroxylation sites is 2. The quantitative estimate of drug-likeness (QED) is 0.321. The van der Waals surface area contributed by atoms with E-state index in [0.717, 1.165) is 51.6 Å². The number of nitrogens with zero attached hydrogens (tertiary/aromatic N) is 4. The summed E-state index contributed by atoms with van der Waals surface area (Å²) in [5.41, 5.74) is 6.94. The summed E-state index contributed by atoms with van der Waals surface area (Å²) in [6, 6.07) is 33.3. The first-order valence-corrected chi connectivity index (χ1v) is 13.8. The molecule has 1 saturated heterocycles. The molecule has 5 nitrogen and oxygen atoms in total. The second-order valence-electron chi connectivity index (χ2n) is 10.6. The summed E-state index contributed by atoms with van der Waals surface area (Å²) < 4.78 is 7.97. The number of hydrogen-bond acceptors (Lipinski definition) is 4. The van der Waals surface area contributed by atoms with Crippen LogP contribution in [0.25, 0.3) is 0 Å². The molecule has 0 saturated carbocycles. The maximum atomic E-state index is 5.65. The van der Waals surface area contributed by atoms with Gasteiger partial charge in [-0.1, -0.05) is 66.7 Å². The van der Waals surface area contributed by atoms with E-state index in [0.29, 0.717) is 12.0 Å². The fourth-order valence-electron chi connectivity index (χ4n) is 6.47. The number of hydrogen-bond donors (Lipinski definition) is 0. The van der Waals surface area contributed by atoms with E-state index in [4.69, 9.17) is 4.74 Å². The van der Waals surface area contributed by atoms with Crippen molar-refractivity contribution in [1.29, 1.82) is 0 Å². The summed E-state index contributed by atoms with van der Waals surface area (Å²) in [7, 11) is 3.96. The van der Waals surface area contributed by atoms with Crippen LogP contribution in [-0.4, -0.2) is 54.2 Å². The van der Waals surface area contributed by atoms with Crippen LogP contribution < -0.4 is 9.64 Å². The van der Waals surface area contributed by atoms with Gasteiger partial charge >= 0.3 is 0 Å².